The molecule has 0 saturated carbocycles. The molecule has 8 heteroatoms. The minimum absolute atomic E-state index is 0.0469. The van der Waals surface area contributed by atoms with Crippen LogP contribution >= 0.6 is 0 Å². The molecule has 162 valence electrons. The van der Waals surface area contributed by atoms with E-state index in [1.807, 2.05) is 32.0 Å². The number of rotatable bonds is 5. The minimum Gasteiger partial charge on any atom is -0.436 e. The van der Waals surface area contributed by atoms with Crippen molar-refractivity contribution in [3.8, 4) is 0 Å². The first-order valence-corrected chi connectivity index (χ1v) is 11.3. The number of hydrogen-bond donors (Lipinski definition) is 2. The average molecular weight is 448 g/mol. The number of carbonyl (C=O) groups excluding carboxylic acids is 1. The summed E-state index contributed by atoms with van der Waals surface area (Å²) < 4.78 is 30.9. The molecule has 0 saturated heterocycles. The zero-order valence-corrected chi connectivity index (χ0v) is 18.3. The van der Waals surface area contributed by atoms with Crippen molar-refractivity contribution in [3.05, 3.63) is 101 Å². The van der Waals surface area contributed by atoms with Crippen molar-refractivity contribution in [1.82, 2.24) is 4.83 Å². The van der Waals surface area contributed by atoms with Gasteiger partial charge in [0.2, 0.25) is 5.55 Å². The number of aryl methyl sites for hydroxylation is 2. The van der Waals surface area contributed by atoms with Crippen molar-refractivity contribution >= 4 is 32.6 Å². The van der Waals surface area contributed by atoms with Crippen molar-refractivity contribution in [1.29, 1.82) is 0 Å². The van der Waals surface area contributed by atoms with Gasteiger partial charge in [0, 0.05) is 11.1 Å². The molecule has 0 aliphatic heterocycles. The van der Waals surface area contributed by atoms with Gasteiger partial charge >= 0.3 is 0 Å². The number of amides is 1. The predicted molar refractivity (Wildman–Crippen MR) is 122 cm³/mol. The number of fused-ring (bicyclic) bond motifs is 1. The largest absolute Gasteiger partial charge is 0.436 e. The number of benzene rings is 3. The Labute approximate surface area is 185 Å². The zero-order valence-electron chi connectivity index (χ0n) is 17.5. The predicted octanol–water partition coefficient (Wildman–Crippen LogP) is 4.10. The van der Waals surface area contributed by atoms with Gasteiger partial charge in [0.15, 0.2) is 0 Å². The van der Waals surface area contributed by atoms with Crippen LogP contribution in [0.3, 0.4) is 0 Å². The minimum atomic E-state index is -3.93. The fourth-order valence-electron chi connectivity index (χ4n) is 3.09. The van der Waals surface area contributed by atoms with Crippen molar-refractivity contribution in [2.75, 3.05) is 5.32 Å². The second-order valence-corrected chi connectivity index (χ2v) is 8.94. The van der Waals surface area contributed by atoms with Gasteiger partial charge in [0.05, 0.1) is 4.90 Å². The van der Waals surface area contributed by atoms with E-state index in [0.717, 1.165) is 11.1 Å². The second-order valence-electron chi connectivity index (χ2n) is 7.28. The lowest BCUT2D eigenvalue weighted by molar-refractivity contribution is 0.102. The molecule has 2 N–H and O–H groups in total. The maximum absolute atomic E-state index is 13.1. The Kier molecular flexibility index (Phi) is 5.79. The molecule has 1 amide bonds. The highest BCUT2D eigenvalue weighted by Gasteiger charge is 2.16. The summed E-state index contributed by atoms with van der Waals surface area (Å²) in [7, 11) is -3.93. The highest BCUT2D eigenvalue weighted by molar-refractivity contribution is 7.89. The molecule has 1 aromatic heterocycles. The summed E-state index contributed by atoms with van der Waals surface area (Å²) in [5.74, 6) is -0.472. The lowest BCUT2D eigenvalue weighted by Gasteiger charge is -2.09. The van der Waals surface area contributed by atoms with E-state index in [0.29, 0.717) is 16.7 Å². The normalized spacial score (nSPS) is 12.0. The summed E-state index contributed by atoms with van der Waals surface area (Å²) in [6, 6.07) is 22.1. The number of anilines is 1. The Hall–Kier alpha value is -3.91. The van der Waals surface area contributed by atoms with Crippen LogP contribution in [0.15, 0.2) is 93.3 Å². The van der Waals surface area contributed by atoms with E-state index >= 15 is 0 Å². The number of carbonyl (C=O) groups is 1. The van der Waals surface area contributed by atoms with Crippen LogP contribution in [0.2, 0.25) is 0 Å². The van der Waals surface area contributed by atoms with Crippen molar-refractivity contribution in [2.45, 2.75) is 18.7 Å². The van der Waals surface area contributed by atoms with Crippen LogP contribution in [0, 0.1) is 13.8 Å². The Balaban J connectivity index is 1.75. The van der Waals surface area contributed by atoms with E-state index in [1.165, 1.54) is 12.1 Å². The molecule has 7 nitrogen and oxygen atoms in total. The van der Waals surface area contributed by atoms with E-state index in [9.17, 15) is 13.2 Å². The third-order valence-electron chi connectivity index (χ3n) is 4.99. The first-order valence-electron chi connectivity index (χ1n) is 9.85. The number of hydrogen-bond acceptors (Lipinski definition) is 5. The molecule has 32 heavy (non-hydrogen) atoms. The molecular weight excluding hydrogens is 426 g/mol. The molecule has 0 atom stereocenters. The number of sulfonamides is 1. The van der Waals surface area contributed by atoms with Gasteiger partial charge in [-0.2, -0.15) is 13.2 Å². The maximum atomic E-state index is 13.1. The summed E-state index contributed by atoms with van der Waals surface area (Å²) in [4.78, 5) is 15.3. The molecule has 4 rings (SSSR count). The van der Waals surface area contributed by atoms with Gasteiger partial charge < -0.3 is 9.73 Å². The van der Waals surface area contributed by atoms with E-state index in [-0.39, 0.29) is 16.0 Å². The van der Waals surface area contributed by atoms with Gasteiger partial charge in [0.1, 0.15) is 11.1 Å². The molecule has 1 heterocycles. The average Bonchev–Trinajstić information content (AvgIpc) is 2.80. The highest BCUT2D eigenvalue weighted by atomic mass is 32.2. The Morgan fingerprint density at radius 3 is 2.34 bits per heavy atom. The van der Waals surface area contributed by atoms with Crippen LogP contribution in [-0.2, 0) is 10.0 Å². The monoisotopic (exact) mass is 447 g/mol. The van der Waals surface area contributed by atoms with Crippen LogP contribution in [0.1, 0.15) is 21.5 Å². The van der Waals surface area contributed by atoms with Crippen LogP contribution in [0.5, 0.6) is 0 Å². The molecule has 0 spiro atoms. The molecule has 4 aromatic rings. The fourth-order valence-corrected chi connectivity index (χ4v) is 3.91. The lowest BCUT2D eigenvalue weighted by atomic mass is 10.1. The van der Waals surface area contributed by atoms with Gasteiger partial charge in [-0.3, -0.25) is 4.79 Å². The van der Waals surface area contributed by atoms with Gasteiger partial charge in [0.25, 0.3) is 15.9 Å². The number of para-hydroxylation sites is 1. The summed E-state index contributed by atoms with van der Waals surface area (Å²) in [5, 5.41) is 7.44. The highest BCUT2D eigenvalue weighted by Crippen LogP contribution is 2.17. The lowest BCUT2D eigenvalue weighted by Crippen LogP contribution is -2.27. The molecular formula is C24H21N3O4S. The zero-order chi connectivity index (χ0) is 22.7. The summed E-state index contributed by atoms with van der Waals surface area (Å²) in [6.07, 6.45) is 0. The molecule has 0 aliphatic carbocycles. The summed E-state index contributed by atoms with van der Waals surface area (Å²) >= 11 is 0. The first kappa shape index (κ1) is 21.3. The quantitative estimate of drug-likeness (QED) is 0.450. The van der Waals surface area contributed by atoms with Crippen molar-refractivity contribution < 1.29 is 17.6 Å². The SMILES string of the molecule is Cc1ccc(NC(=O)c2cc3ccccc3o/c2=N\NS(=O)(=O)c2ccccc2)cc1C. The van der Waals surface area contributed by atoms with Crippen molar-refractivity contribution in [2.24, 2.45) is 5.10 Å². The fraction of sp³-hybridized carbons (Fsp3) is 0.0833. The first-order chi connectivity index (χ1) is 15.3. The van der Waals surface area contributed by atoms with Crippen LogP contribution < -0.4 is 15.7 Å². The molecule has 0 radical (unpaired) electrons. The summed E-state index contributed by atoms with van der Waals surface area (Å²) in [5.41, 5.74) is 3.17. The van der Waals surface area contributed by atoms with Gasteiger partial charge in [-0.05, 0) is 61.4 Å². The third kappa shape index (κ3) is 4.55. The maximum Gasteiger partial charge on any atom is 0.276 e. The van der Waals surface area contributed by atoms with E-state index in [1.54, 1.807) is 48.5 Å². The molecule has 0 aliphatic rings. The number of nitrogens with one attached hydrogen (secondary N) is 2. The molecule has 3 aromatic carbocycles. The molecule has 0 fully saturated rings. The van der Waals surface area contributed by atoms with Gasteiger partial charge in [-0.15, -0.1) is 5.10 Å². The van der Waals surface area contributed by atoms with Crippen LogP contribution in [0.25, 0.3) is 11.0 Å². The van der Waals surface area contributed by atoms with E-state index < -0.39 is 15.9 Å². The van der Waals surface area contributed by atoms with Gasteiger partial charge in [-0.25, -0.2) is 0 Å². The van der Waals surface area contributed by atoms with E-state index in [4.69, 9.17) is 4.42 Å². The standard InChI is InChI=1S/C24H21N3O4S/c1-16-12-13-19(14-17(16)2)25-23(28)21-15-18-8-6-7-11-22(18)31-24(21)26-27-32(29,30)20-9-4-3-5-10-20/h3-15,27H,1-2H3,(H,25,28)/b26-24-. The van der Waals surface area contributed by atoms with E-state index in [2.05, 4.69) is 15.2 Å². The van der Waals surface area contributed by atoms with Crippen LogP contribution in [-0.4, -0.2) is 14.3 Å². The Morgan fingerprint density at radius 2 is 1.59 bits per heavy atom. The Morgan fingerprint density at radius 1 is 0.875 bits per heavy atom. The molecule has 0 bridgehead atoms. The smallest absolute Gasteiger partial charge is 0.276 e. The second kappa shape index (κ2) is 8.68. The third-order valence-corrected chi connectivity index (χ3v) is 6.21. The Bertz CT molecular complexity index is 1480. The molecule has 0 unspecified atom stereocenters. The van der Waals surface area contributed by atoms with Crippen molar-refractivity contribution in [3.63, 3.8) is 0 Å². The topological polar surface area (TPSA) is 101 Å². The number of nitrogens with zero attached hydrogens (tertiary/aromatic N) is 1. The van der Waals surface area contributed by atoms with Gasteiger partial charge in [-0.1, -0.05) is 42.5 Å². The summed E-state index contributed by atoms with van der Waals surface area (Å²) in [6.45, 7) is 3.94. The van der Waals surface area contributed by atoms with Crippen LogP contribution in [0.4, 0.5) is 5.69 Å².